The van der Waals surface area contributed by atoms with Crippen LogP contribution in [0, 0.1) is 5.92 Å². The Hall–Kier alpha value is -1.83. The lowest BCUT2D eigenvalue weighted by Gasteiger charge is -2.27. The first-order valence-corrected chi connectivity index (χ1v) is 9.14. The number of amides is 2. The number of hydrogen-bond acceptors (Lipinski definition) is 5. The molecule has 0 bridgehead atoms. The maximum Gasteiger partial charge on any atom is 0.245 e. The van der Waals surface area contributed by atoms with Crippen LogP contribution < -0.4 is 15.8 Å². The predicted octanol–water partition coefficient (Wildman–Crippen LogP) is 1.09. The third kappa shape index (κ3) is 5.34. The summed E-state index contributed by atoms with van der Waals surface area (Å²) in [5, 5.41) is 2.84. The topological polar surface area (TPSA) is 93.9 Å². The number of carbonyl (C=O) groups is 2. The second-order valence-corrected chi connectivity index (χ2v) is 6.93. The highest BCUT2D eigenvalue weighted by atomic mass is 35.5. The van der Waals surface area contributed by atoms with Crippen LogP contribution in [0.3, 0.4) is 0 Å². The van der Waals surface area contributed by atoms with Gasteiger partial charge in [0.05, 0.1) is 13.2 Å². The number of nitrogens with two attached hydrogens (primary N) is 1. The average molecular weight is 398 g/mol. The summed E-state index contributed by atoms with van der Waals surface area (Å²) in [4.78, 5) is 26.8. The highest BCUT2D eigenvalue weighted by Gasteiger charge is 2.35. The normalized spacial score (nSPS) is 21.5. The van der Waals surface area contributed by atoms with Gasteiger partial charge in [-0.1, -0.05) is 12.1 Å². The number of nitrogens with zero attached hydrogens (tertiary/aromatic N) is 1. The van der Waals surface area contributed by atoms with Gasteiger partial charge >= 0.3 is 0 Å². The average Bonchev–Trinajstić information content (AvgIpc) is 3.02. The number of halogens is 1. The van der Waals surface area contributed by atoms with E-state index in [9.17, 15) is 9.59 Å². The Bertz CT molecular complexity index is 634. The first kappa shape index (κ1) is 21.5. The molecule has 1 aromatic rings. The zero-order valence-corrected chi connectivity index (χ0v) is 16.4. The lowest BCUT2D eigenvalue weighted by atomic mass is 9.91. The minimum absolute atomic E-state index is 0. The summed E-state index contributed by atoms with van der Waals surface area (Å²) in [7, 11) is 1.62. The van der Waals surface area contributed by atoms with Crippen molar-refractivity contribution >= 4 is 24.2 Å². The third-order valence-corrected chi connectivity index (χ3v) is 5.22. The Balaban J connectivity index is 0.00000261. The molecular formula is C19H28ClN3O4. The number of likely N-dealkylation sites (tertiary alicyclic amines) is 1. The molecule has 2 aliphatic heterocycles. The third-order valence-electron chi connectivity index (χ3n) is 5.22. The van der Waals surface area contributed by atoms with Crippen molar-refractivity contribution in [1.29, 1.82) is 0 Å². The summed E-state index contributed by atoms with van der Waals surface area (Å²) in [6.45, 7) is 2.44. The zero-order chi connectivity index (χ0) is 18.5. The maximum atomic E-state index is 12.6. The molecule has 2 amide bonds. The van der Waals surface area contributed by atoms with Crippen LogP contribution in [0.5, 0.6) is 5.75 Å². The van der Waals surface area contributed by atoms with Crippen LogP contribution in [-0.4, -0.2) is 55.7 Å². The van der Waals surface area contributed by atoms with Gasteiger partial charge in [-0.2, -0.15) is 0 Å². The summed E-state index contributed by atoms with van der Waals surface area (Å²) in [5.74, 6) is 0.624. The van der Waals surface area contributed by atoms with Crippen LogP contribution in [0.1, 0.15) is 24.8 Å². The minimum atomic E-state index is -0.581. The second-order valence-electron chi connectivity index (χ2n) is 6.93. The van der Waals surface area contributed by atoms with E-state index in [1.165, 1.54) is 0 Å². The first-order chi connectivity index (χ1) is 12.6. The Morgan fingerprint density at radius 1 is 1.30 bits per heavy atom. The van der Waals surface area contributed by atoms with E-state index in [0.29, 0.717) is 32.7 Å². The van der Waals surface area contributed by atoms with Crippen molar-refractivity contribution < 1.29 is 19.1 Å². The van der Waals surface area contributed by atoms with E-state index in [4.69, 9.17) is 15.2 Å². The number of hydrogen-bond donors (Lipinski definition) is 2. The quantitative estimate of drug-likeness (QED) is 0.749. The number of nitrogens with one attached hydrogen (secondary N) is 1. The highest BCUT2D eigenvalue weighted by Crippen LogP contribution is 2.20. The van der Waals surface area contributed by atoms with Gasteiger partial charge in [-0.05, 0) is 42.9 Å². The van der Waals surface area contributed by atoms with Crippen molar-refractivity contribution in [3.63, 3.8) is 0 Å². The zero-order valence-electron chi connectivity index (χ0n) is 15.6. The molecule has 0 spiro atoms. The van der Waals surface area contributed by atoms with E-state index in [0.717, 1.165) is 24.2 Å². The maximum absolute atomic E-state index is 12.6. The summed E-state index contributed by atoms with van der Waals surface area (Å²) in [6.07, 6.45) is 2.19. The predicted molar refractivity (Wildman–Crippen MR) is 104 cm³/mol. The molecule has 2 fully saturated rings. The van der Waals surface area contributed by atoms with E-state index in [1.54, 1.807) is 12.0 Å². The molecule has 0 aromatic heterocycles. The van der Waals surface area contributed by atoms with Gasteiger partial charge in [0.2, 0.25) is 11.8 Å². The van der Waals surface area contributed by atoms with Crippen LogP contribution in [-0.2, 0) is 20.9 Å². The van der Waals surface area contributed by atoms with Gasteiger partial charge in [-0.15, -0.1) is 12.4 Å². The van der Waals surface area contributed by atoms with Gasteiger partial charge in [0, 0.05) is 26.3 Å². The summed E-state index contributed by atoms with van der Waals surface area (Å²) in [6, 6.07) is 6.58. The number of methoxy groups -OCH3 is 1. The molecule has 2 saturated heterocycles. The van der Waals surface area contributed by atoms with Crippen molar-refractivity contribution in [2.75, 3.05) is 26.9 Å². The summed E-state index contributed by atoms with van der Waals surface area (Å²) < 4.78 is 10.5. The molecule has 3 rings (SSSR count). The Kier molecular flexibility index (Phi) is 7.89. The van der Waals surface area contributed by atoms with Gasteiger partial charge < -0.3 is 25.4 Å². The molecule has 2 aliphatic rings. The Morgan fingerprint density at radius 3 is 2.59 bits per heavy atom. The Morgan fingerprint density at radius 2 is 1.96 bits per heavy atom. The van der Waals surface area contributed by atoms with Crippen LogP contribution in [0.2, 0.25) is 0 Å². The number of ether oxygens (including phenoxy) is 2. The van der Waals surface area contributed by atoms with Crippen LogP contribution in [0.15, 0.2) is 24.3 Å². The molecule has 2 atom stereocenters. The lowest BCUT2D eigenvalue weighted by Crippen LogP contribution is -2.51. The molecule has 2 heterocycles. The van der Waals surface area contributed by atoms with Crippen molar-refractivity contribution in [1.82, 2.24) is 10.2 Å². The monoisotopic (exact) mass is 397 g/mol. The largest absolute Gasteiger partial charge is 0.497 e. The molecule has 0 radical (unpaired) electrons. The Labute approximate surface area is 166 Å². The molecule has 8 heteroatoms. The number of rotatable bonds is 6. The molecule has 0 aliphatic carbocycles. The van der Waals surface area contributed by atoms with E-state index in [1.807, 2.05) is 24.3 Å². The fourth-order valence-corrected chi connectivity index (χ4v) is 3.54. The van der Waals surface area contributed by atoms with Crippen LogP contribution >= 0.6 is 12.4 Å². The SMILES string of the molecule is COc1ccc(CN2CCC(NC(=O)C(N)C3CCOCC3)C2=O)cc1.Cl. The summed E-state index contributed by atoms with van der Waals surface area (Å²) in [5.41, 5.74) is 7.13. The van der Waals surface area contributed by atoms with Gasteiger partial charge in [0.15, 0.2) is 0 Å². The fraction of sp³-hybridized carbons (Fsp3) is 0.579. The van der Waals surface area contributed by atoms with E-state index in [2.05, 4.69) is 5.32 Å². The van der Waals surface area contributed by atoms with Gasteiger partial charge in [0.25, 0.3) is 0 Å². The first-order valence-electron chi connectivity index (χ1n) is 9.14. The van der Waals surface area contributed by atoms with Crippen molar-refractivity contribution in [2.24, 2.45) is 11.7 Å². The van der Waals surface area contributed by atoms with Gasteiger partial charge in [0.1, 0.15) is 11.8 Å². The molecule has 2 unspecified atom stereocenters. The molecule has 7 nitrogen and oxygen atoms in total. The van der Waals surface area contributed by atoms with Gasteiger partial charge in [-0.3, -0.25) is 9.59 Å². The lowest BCUT2D eigenvalue weighted by molar-refractivity contribution is -0.134. The van der Waals surface area contributed by atoms with Crippen LogP contribution in [0.25, 0.3) is 0 Å². The molecule has 1 aromatic carbocycles. The molecule has 27 heavy (non-hydrogen) atoms. The van der Waals surface area contributed by atoms with Crippen molar-refractivity contribution in [2.45, 2.75) is 37.9 Å². The molecule has 150 valence electrons. The van der Waals surface area contributed by atoms with Crippen molar-refractivity contribution in [3.8, 4) is 5.75 Å². The summed E-state index contributed by atoms with van der Waals surface area (Å²) >= 11 is 0. The molecule has 0 saturated carbocycles. The van der Waals surface area contributed by atoms with E-state index >= 15 is 0 Å². The highest BCUT2D eigenvalue weighted by molar-refractivity contribution is 5.91. The number of carbonyl (C=O) groups excluding carboxylic acids is 2. The second kappa shape index (κ2) is 9.92. The van der Waals surface area contributed by atoms with Crippen molar-refractivity contribution in [3.05, 3.63) is 29.8 Å². The van der Waals surface area contributed by atoms with Crippen LogP contribution in [0.4, 0.5) is 0 Å². The van der Waals surface area contributed by atoms with E-state index < -0.39 is 12.1 Å². The smallest absolute Gasteiger partial charge is 0.245 e. The fourth-order valence-electron chi connectivity index (χ4n) is 3.54. The van der Waals surface area contributed by atoms with Gasteiger partial charge in [-0.25, -0.2) is 0 Å². The molecular weight excluding hydrogens is 370 g/mol. The van der Waals surface area contributed by atoms with E-state index in [-0.39, 0.29) is 30.1 Å². The number of benzene rings is 1. The minimum Gasteiger partial charge on any atom is -0.497 e. The standard InChI is InChI=1S/C19H27N3O4.ClH/c1-25-15-4-2-13(3-5-15)12-22-9-6-16(19(22)24)21-18(23)17(20)14-7-10-26-11-8-14;/h2-5,14,16-17H,6-12,20H2,1H3,(H,21,23);1H. The molecule has 3 N–H and O–H groups in total.